The number of aryl methyl sites for hydroxylation is 1. The number of sulfonamides is 1. The van der Waals surface area contributed by atoms with Crippen LogP contribution >= 0.6 is 0 Å². The summed E-state index contributed by atoms with van der Waals surface area (Å²) in [5, 5.41) is 0. The molecule has 0 amide bonds. The Morgan fingerprint density at radius 2 is 1.76 bits per heavy atom. The first-order valence-corrected chi connectivity index (χ1v) is 10.1. The molecule has 0 aliphatic carbocycles. The van der Waals surface area contributed by atoms with Crippen molar-refractivity contribution in [2.45, 2.75) is 31.1 Å². The molecule has 1 aromatic carbocycles. The number of hydrogen-bond acceptors (Lipinski definition) is 2. The average Bonchev–Trinajstić information content (AvgIpc) is 3.06. The first-order valence-electron chi connectivity index (χ1n) is 8.65. The van der Waals surface area contributed by atoms with Gasteiger partial charge >= 0.3 is 0 Å². The zero-order valence-electron chi connectivity index (χ0n) is 14.3. The van der Waals surface area contributed by atoms with Crippen molar-refractivity contribution < 1.29 is 12.8 Å². The minimum absolute atomic E-state index is 0.373. The first kappa shape index (κ1) is 16.3. The SMILES string of the molecule is Cc1cc[n+]2cc(-c3ccc(S(=O)(=O)N4CCCCC4)cc3)[nH]c2c1. The summed E-state index contributed by atoms with van der Waals surface area (Å²) in [5.41, 5.74) is 4.14. The molecule has 0 spiro atoms. The zero-order chi connectivity index (χ0) is 17.4. The van der Waals surface area contributed by atoms with Gasteiger partial charge in [0.15, 0.2) is 5.69 Å². The predicted octanol–water partition coefficient (Wildman–Crippen LogP) is 2.90. The number of aromatic amines is 1. The van der Waals surface area contributed by atoms with Crippen LogP contribution in [0.5, 0.6) is 0 Å². The summed E-state index contributed by atoms with van der Waals surface area (Å²) < 4.78 is 29.1. The van der Waals surface area contributed by atoms with E-state index < -0.39 is 10.0 Å². The van der Waals surface area contributed by atoms with Crippen molar-refractivity contribution in [2.24, 2.45) is 0 Å². The van der Waals surface area contributed by atoms with Gasteiger partial charge in [0.25, 0.3) is 5.65 Å². The Morgan fingerprint density at radius 3 is 2.48 bits per heavy atom. The zero-order valence-corrected chi connectivity index (χ0v) is 15.1. The van der Waals surface area contributed by atoms with Crippen molar-refractivity contribution in [3.8, 4) is 11.3 Å². The van der Waals surface area contributed by atoms with Gasteiger partial charge in [-0.15, -0.1) is 0 Å². The van der Waals surface area contributed by atoms with Crippen LogP contribution < -0.4 is 4.40 Å². The van der Waals surface area contributed by atoms with Crippen LogP contribution in [0.3, 0.4) is 0 Å². The molecule has 1 N–H and O–H groups in total. The maximum absolute atomic E-state index is 12.7. The molecule has 0 saturated carbocycles. The minimum Gasteiger partial charge on any atom is -0.237 e. The molecular weight excluding hydrogens is 334 g/mol. The molecule has 5 nitrogen and oxygen atoms in total. The number of H-pyrrole nitrogens is 1. The number of imidazole rings is 1. The van der Waals surface area contributed by atoms with Crippen LogP contribution in [-0.2, 0) is 10.0 Å². The van der Waals surface area contributed by atoms with E-state index in [0.717, 1.165) is 36.2 Å². The lowest BCUT2D eigenvalue weighted by Gasteiger charge is -2.25. The number of nitrogens with zero attached hydrogens (tertiary/aromatic N) is 2. The van der Waals surface area contributed by atoms with Crippen LogP contribution in [0, 0.1) is 6.92 Å². The van der Waals surface area contributed by atoms with Crippen LogP contribution in [-0.4, -0.2) is 30.8 Å². The molecule has 1 fully saturated rings. The van der Waals surface area contributed by atoms with Crippen molar-refractivity contribution in [1.29, 1.82) is 0 Å². The van der Waals surface area contributed by atoms with E-state index in [1.165, 1.54) is 5.56 Å². The van der Waals surface area contributed by atoms with Gasteiger partial charge in [0.1, 0.15) is 6.20 Å². The predicted molar refractivity (Wildman–Crippen MR) is 96.7 cm³/mol. The lowest BCUT2D eigenvalue weighted by molar-refractivity contribution is -0.509. The molecule has 0 bridgehead atoms. The number of pyridine rings is 1. The second-order valence-corrected chi connectivity index (χ2v) is 8.59. The van der Waals surface area contributed by atoms with Gasteiger partial charge in [-0.1, -0.05) is 6.42 Å². The van der Waals surface area contributed by atoms with Crippen LogP contribution in [0.1, 0.15) is 24.8 Å². The average molecular weight is 356 g/mol. The number of piperidine rings is 1. The van der Waals surface area contributed by atoms with Gasteiger partial charge in [0.05, 0.1) is 11.1 Å². The summed E-state index contributed by atoms with van der Waals surface area (Å²) in [5.74, 6) is 0. The van der Waals surface area contributed by atoms with Crippen LogP contribution in [0.4, 0.5) is 0 Å². The van der Waals surface area contributed by atoms with Gasteiger partial charge < -0.3 is 0 Å². The highest BCUT2D eigenvalue weighted by molar-refractivity contribution is 7.89. The molecule has 130 valence electrons. The van der Waals surface area contributed by atoms with E-state index in [1.54, 1.807) is 16.4 Å². The minimum atomic E-state index is -3.37. The van der Waals surface area contributed by atoms with E-state index in [-0.39, 0.29) is 0 Å². The summed E-state index contributed by atoms with van der Waals surface area (Å²) in [6.45, 7) is 3.31. The van der Waals surface area contributed by atoms with E-state index in [9.17, 15) is 8.42 Å². The number of benzene rings is 1. The highest BCUT2D eigenvalue weighted by atomic mass is 32.2. The Hall–Kier alpha value is -2.18. The third-order valence-corrected chi connectivity index (χ3v) is 6.70. The summed E-state index contributed by atoms with van der Waals surface area (Å²) in [6, 6.07) is 11.3. The summed E-state index contributed by atoms with van der Waals surface area (Å²) in [4.78, 5) is 3.75. The van der Waals surface area contributed by atoms with Crippen molar-refractivity contribution in [2.75, 3.05) is 13.1 Å². The maximum atomic E-state index is 12.7. The molecule has 0 atom stereocenters. The molecule has 0 unspecified atom stereocenters. The molecular formula is C19H22N3O2S+. The molecule has 1 aliphatic rings. The lowest BCUT2D eigenvalue weighted by Crippen LogP contribution is -2.35. The second-order valence-electron chi connectivity index (χ2n) is 6.65. The van der Waals surface area contributed by atoms with E-state index >= 15 is 0 Å². The smallest absolute Gasteiger partial charge is 0.237 e. The van der Waals surface area contributed by atoms with E-state index in [1.807, 2.05) is 28.9 Å². The van der Waals surface area contributed by atoms with E-state index in [0.29, 0.717) is 18.0 Å². The van der Waals surface area contributed by atoms with Crippen molar-refractivity contribution in [1.82, 2.24) is 9.29 Å². The number of fused-ring (bicyclic) bond motifs is 1. The Kier molecular flexibility index (Phi) is 4.09. The monoisotopic (exact) mass is 356 g/mol. The molecule has 2 aromatic heterocycles. The third-order valence-electron chi connectivity index (χ3n) is 4.79. The lowest BCUT2D eigenvalue weighted by atomic mass is 10.2. The molecule has 1 saturated heterocycles. The topological polar surface area (TPSA) is 57.3 Å². The van der Waals surface area contributed by atoms with E-state index in [4.69, 9.17) is 0 Å². The van der Waals surface area contributed by atoms with Gasteiger partial charge in [-0.25, -0.2) is 17.8 Å². The molecule has 0 radical (unpaired) electrons. The Morgan fingerprint density at radius 1 is 1.04 bits per heavy atom. The molecule has 4 rings (SSSR count). The van der Waals surface area contributed by atoms with Crippen LogP contribution in [0.15, 0.2) is 53.7 Å². The van der Waals surface area contributed by atoms with Gasteiger partial charge in [0, 0.05) is 24.7 Å². The van der Waals surface area contributed by atoms with Gasteiger partial charge in [-0.05, 0) is 55.7 Å². The first-order chi connectivity index (χ1) is 12.0. The third kappa shape index (κ3) is 3.07. The van der Waals surface area contributed by atoms with E-state index in [2.05, 4.69) is 24.0 Å². The van der Waals surface area contributed by atoms with Gasteiger partial charge in [-0.2, -0.15) is 4.31 Å². The fourth-order valence-electron chi connectivity index (χ4n) is 3.35. The quantitative estimate of drug-likeness (QED) is 0.734. The normalized spacial score (nSPS) is 16.4. The number of hydrogen-bond donors (Lipinski definition) is 1. The van der Waals surface area contributed by atoms with Crippen molar-refractivity contribution >= 4 is 15.7 Å². The molecule has 3 heterocycles. The van der Waals surface area contributed by atoms with Gasteiger partial charge in [0.2, 0.25) is 10.0 Å². The Bertz CT molecular complexity index is 1000. The number of rotatable bonds is 3. The van der Waals surface area contributed by atoms with Crippen LogP contribution in [0.2, 0.25) is 0 Å². The number of aromatic nitrogens is 2. The Labute approximate surface area is 148 Å². The summed E-state index contributed by atoms with van der Waals surface area (Å²) in [6.07, 6.45) is 7.04. The molecule has 25 heavy (non-hydrogen) atoms. The highest BCUT2D eigenvalue weighted by Gasteiger charge is 2.25. The largest absolute Gasteiger partial charge is 0.284 e. The number of nitrogens with one attached hydrogen (secondary N) is 1. The van der Waals surface area contributed by atoms with Crippen molar-refractivity contribution in [3.05, 3.63) is 54.4 Å². The summed E-state index contributed by atoms with van der Waals surface area (Å²) in [7, 11) is -3.37. The summed E-state index contributed by atoms with van der Waals surface area (Å²) >= 11 is 0. The fourth-order valence-corrected chi connectivity index (χ4v) is 4.86. The fraction of sp³-hybridized carbons (Fsp3) is 0.316. The second kappa shape index (κ2) is 6.28. The molecule has 6 heteroatoms. The standard InChI is InChI=1S/C19H21N3O2S/c1-15-9-12-21-14-18(20-19(21)13-15)16-5-7-17(8-6-16)25(23,24)22-10-3-2-4-11-22/h5-9,12-14H,2-4,10-11H2,1H3/p+1. The van der Waals surface area contributed by atoms with Crippen molar-refractivity contribution in [3.63, 3.8) is 0 Å². The Balaban J connectivity index is 1.64. The van der Waals surface area contributed by atoms with Gasteiger partial charge in [-0.3, -0.25) is 0 Å². The molecule has 3 aromatic rings. The molecule has 1 aliphatic heterocycles. The maximum Gasteiger partial charge on any atom is 0.284 e. The van der Waals surface area contributed by atoms with Crippen LogP contribution in [0.25, 0.3) is 16.9 Å². The highest BCUT2D eigenvalue weighted by Crippen LogP contribution is 2.24.